The first-order chi connectivity index (χ1) is 9.56. The van der Waals surface area contributed by atoms with Crippen LogP contribution in [0.2, 0.25) is 0 Å². The van der Waals surface area contributed by atoms with E-state index in [0.717, 1.165) is 12.0 Å². The summed E-state index contributed by atoms with van der Waals surface area (Å²) in [5.74, 6) is -1.15. The number of benzene rings is 1. The second-order valence-electron chi connectivity index (χ2n) is 4.54. The minimum absolute atomic E-state index is 0.00605. The molecule has 0 aliphatic carbocycles. The predicted molar refractivity (Wildman–Crippen MR) is 77.5 cm³/mol. The predicted octanol–water partition coefficient (Wildman–Crippen LogP) is 3.64. The van der Waals surface area contributed by atoms with Gasteiger partial charge in [-0.05, 0) is 41.5 Å². The number of rotatable bonds is 5. The third-order valence-corrected chi connectivity index (χ3v) is 3.88. The van der Waals surface area contributed by atoms with Crippen LogP contribution < -0.4 is 5.32 Å². The Hall–Kier alpha value is -1.27. The van der Waals surface area contributed by atoms with E-state index < -0.39 is 11.6 Å². The van der Waals surface area contributed by atoms with E-state index >= 15 is 0 Å². The first kappa shape index (κ1) is 15.1. The van der Waals surface area contributed by atoms with E-state index in [-0.39, 0.29) is 22.6 Å². The molecule has 20 heavy (non-hydrogen) atoms. The highest BCUT2D eigenvalue weighted by Gasteiger charge is 2.14. The van der Waals surface area contributed by atoms with Crippen molar-refractivity contribution in [1.82, 2.24) is 15.1 Å². The van der Waals surface area contributed by atoms with E-state index in [0.29, 0.717) is 0 Å². The lowest BCUT2D eigenvalue weighted by atomic mass is 10.1. The summed E-state index contributed by atoms with van der Waals surface area (Å²) >= 11 is 3.06. The fourth-order valence-corrected chi connectivity index (χ4v) is 2.50. The van der Waals surface area contributed by atoms with Gasteiger partial charge in [-0.1, -0.05) is 6.92 Å². The summed E-state index contributed by atoms with van der Waals surface area (Å²) in [6.07, 6.45) is 4.45. The van der Waals surface area contributed by atoms with Crippen LogP contribution in [0.5, 0.6) is 0 Å². The number of hydrogen-bond acceptors (Lipinski definition) is 2. The topological polar surface area (TPSA) is 29.9 Å². The minimum Gasteiger partial charge on any atom is -0.313 e. The number of halogens is 3. The molecule has 2 rings (SSSR count). The van der Waals surface area contributed by atoms with Crippen molar-refractivity contribution >= 4 is 15.9 Å². The first-order valence-electron chi connectivity index (χ1n) is 6.38. The van der Waals surface area contributed by atoms with Gasteiger partial charge in [0, 0.05) is 23.4 Å². The summed E-state index contributed by atoms with van der Waals surface area (Å²) in [6.45, 7) is 2.13. The van der Waals surface area contributed by atoms with Gasteiger partial charge < -0.3 is 5.32 Å². The van der Waals surface area contributed by atoms with Crippen molar-refractivity contribution in [3.05, 3.63) is 51.8 Å². The second-order valence-corrected chi connectivity index (χ2v) is 5.40. The Morgan fingerprint density at radius 3 is 2.80 bits per heavy atom. The molecule has 0 bridgehead atoms. The smallest absolute Gasteiger partial charge is 0.145 e. The SMILES string of the molecule is CCC(NC)c1cnn(Cc2c(F)ccc(Br)c2F)c1. The molecule has 0 fully saturated rings. The van der Waals surface area contributed by atoms with Crippen molar-refractivity contribution < 1.29 is 8.78 Å². The molecular formula is C14H16BrF2N3. The highest BCUT2D eigenvalue weighted by molar-refractivity contribution is 9.10. The lowest BCUT2D eigenvalue weighted by Gasteiger charge is -2.10. The van der Waals surface area contributed by atoms with Gasteiger partial charge in [0.2, 0.25) is 0 Å². The molecule has 1 unspecified atom stereocenters. The average molecular weight is 344 g/mol. The van der Waals surface area contributed by atoms with Crippen LogP contribution in [0.3, 0.4) is 0 Å². The molecule has 0 aliphatic rings. The zero-order valence-electron chi connectivity index (χ0n) is 11.3. The zero-order chi connectivity index (χ0) is 14.7. The summed E-state index contributed by atoms with van der Waals surface area (Å²) in [6, 6.07) is 2.80. The molecule has 1 N–H and O–H groups in total. The van der Waals surface area contributed by atoms with Crippen molar-refractivity contribution in [2.45, 2.75) is 25.9 Å². The highest BCUT2D eigenvalue weighted by atomic mass is 79.9. The van der Waals surface area contributed by atoms with Gasteiger partial charge in [-0.2, -0.15) is 5.10 Å². The molecule has 1 heterocycles. The van der Waals surface area contributed by atoms with Crippen molar-refractivity contribution in [3.8, 4) is 0 Å². The van der Waals surface area contributed by atoms with Crippen LogP contribution in [-0.4, -0.2) is 16.8 Å². The maximum atomic E-state index is 13.9. The minimum atomic E-state index is -0.581. The maximum absolute atomic E-state index is 13.9. The quantitative estimate of drug-likeness (QED) is 0.840. The lowest BCUT2D eigenvalue weighted by Crippen LogP contribution is -2.14. The molecule has 2 aromatic rings. The van der Waals surface area contributed by atoms with E-state index in [1.165, 1.54) is 12.1 Å². The summed E-state index contributed by atoms with van der Waals surface area (Å²) in [5.41, 5.74) is 1.01. The Kier molecular flexibility index (Phi) is 4.88. The van der Waals surface area contributed by atoms with Gasteiger partial charge in [0.25, 0.3) is 0 Å². The molecule has 1 atom stereocenters. The Morgan fingerprint density at radius 2 is 2.15 bits per heavy atom. The van der Waals surface area contributed by atoms with E-state index in [2.05, 4.69) is 33.3 Å². The fraction of sp³-hybridized carbons (Fsp3) is 0.357. The number of nitrogens with zero attached hydrogens (tertiary/aromatic N) is 2. The van der Waals surface area contributed by atoms with Crippen molar-refractivity contribution in [2.75, 3.05) is 7.05 Å². The molecule has 0 saturated heterocycles. The van der Waals surface area contributed by atoms with Crippen molar-refractivity contribution in [3.63, 3.8) is 0 Å². The van der Waals surface area contributed by atoms with Gasteiger partial charge in [0.1, 0.15) is 11.6 Å². The summed E-state index contributed by atoms with van der Waals surface area (Å²) in [5, 5.41) is 7.34. The molecule has 3 nitrogen and oxygen atoms in total. The van der Waals surface area contributed by atoms with Crippen molar-refractivity contribution in [2.24, 2.45) is 0 Å². The van der Waals surface area contributed by atoms with Gasteiger partial charge in [-0.15, -0.1) is 0 Å². The molecule has 0 spiro atoms. The largest absolute Gasteiger partial charge is 0.313 e. The van der Waals surface area contributed by atoms with Crippen LogP contribution in [0, 0.1) is 11.6 Å². The molecule has 6 heteroatoms. The normalized spacial score (nSPS) is 12.7. The Bertz CT molecular complexity index is 594. The first-order valence-corrected chi connectivity index (χ1v) is 7.18. The van der Waals surface area contributed by atoms with Crippen LogP contribution in [0.1, 0.15) is 30.5 Å². The highest BCUT2D eigenvalue weighted by Crippen LogP contribution is 2.23. The van der Waals surface area contributed by atoms with Crippen LogP contribution in [-0.2, 0) is 6.54 Å². The molecule has 0 amide bonds. The number of hydrogen-bond donors (Lipinski definition) is 1. The van der Waals surface area contributed by atoms with E-state index in [4.69, 9.17) is 0 Å². The number of nitrogens with one attached hydrogen (secondary N) is 1. The zero-order valence-corrected chi connectivity index (χ0v) is 12.9. The summed E-state index contributed by atoms with van der Waals surface area (Å²) in [4.78, 5) is 0. The maximum Gasteiger partial charge on any atom is 0.145 e. The van der Waals surface area contributed by atoms with E-state index in [9.17, 15) is 8.78 Å². The molecular weight excluding hydrogens is 328 g/mol. The summed E-state index contributed by atoms with van der Waals surface area (Å²) < 4.78 is 29.4. The summed E-state index contributed by atoms with van der Waals surface area (Å²) in [7, 11) is 1.87. The van der Waals surface area contributed by atoms with E-state index in [1.807, 2.05) is 13.2 Å². The molecule has 1 aromatic heterocycles. The number of aromatic nitrogens is 2. The second kappa shape index (κ2) is 6.45. The third-order valence-electron chi connectivity index (χ3n) is 3.27. The molecule has 0 radical (unpaired) electrons. The van der Waals surface area contributed by atoms with Gasteiger partial charge >= 0.3 is 0 Å². The van der Waals surface area contributed by atoms with Gasteiger partial charge in [-0.3, -0.25) is 4.68 Å². The van der Waals surface area contributed by atoms with Crippen LogP contribution in [0.15, 0.2) is 29.0 Å². The fourth-order valence-electron chi connectivity index (χ4n) is 2.13. The molecule has 1 aromatic carbocycles. The lowest BCUT2D eigenvalue weighted by molar-refractivity contribution is 0.528. The van der Waals surface area contributed by atoms with Crippen LogP contribution in [0.4, 0.5) is 8.78 Å². The molecule has 0 aliphatic heterocycles. The monoisotopic (exact) mass is 343 g/mol. The average Bonchev–Trinajstić information content (AvgIpc) is 2.89. The Labute approximate surface area is 125 Å². The van der Waals surface area contributed by atoms with Crippen molar-refractivity contribution in [1.29, 1.82) is 0 Å². The van der Waals surface area contributed by atoms with Crippen LogP contribution in [0.25, 0.3) is 0 Å². The molecule has 0 saturated carbocycles. The Balaban J connectivity index is 2.25. The Morgan fingerprint density at radius 1 is 1.40 bits per heavy atom. The van der Waals surface area contributed by atoms with Gasteiger partial charge in [0.15, 0.2) is 0 Å². The van der Waals surface area contributed by atoms with Gasteiger partial charge in [0.05, 0.1) is 17.2 Å². The third kappa shape index (κ3) is 3.07. The molecule has 108 valence electrons. The van der Waals surface area contributed by atoms with E-state index in [1.54, 1.807) is 10.9 Å². The van der Waals surface area contributed by atoms with Crippen LogP contribution >= 0.6 is 15.9 Å². The van der Waals surface area contributed by atoms with Gasteiger partial charge in [-0.25, -0.2) is 8.78 Å². The standard InChI is InChI=1S/C14H16BrF2N3/c1-3-13(18-2)9-6-19-20(7-9)8-10-12(16)5-4-11(15)14(10)17/h4-7,13,18H,3,8H2,1-2H3.